The lowest BCUT2D eigenvalue weighted by molar-refractivity contribution is 0.429. The summed E-state index contributed by atoms with van der Waals surface area (Å²) >= 11 is 1.27. The number of nitrogen functional groups attached to an aromatic ring is 1. The highest BCUT2D eigenvalue weighted by Crippen LogP contribution is 2.24. The maximum absolute atomic E-state index is 7.22. The summed E-state index contributed by atoms with van der Waals surface area (Å²) in [5.41, 5.74) is 5.90. The molecule has 7 heteroatoms. The van der Waals surface area contributed by atoms with Gasteiger partial charge in [0.05, 0.1) is 0 Å². The Morgan fingerprint density at radius 3 is 2.75 bits per heavy atom. The van der Waals surface area contributed by atoms with E-state index in [2.05, 4.69) is 15.2 Å². The molecule has 2 rings (SSSR count). The molecule has 6 nitrogen and oxygen atoms in total. The second-order valence-electron chi connectivity index (χ2n) is 2.99. The zero-order valence-corrected chi connectivity index (χ0v) is 9.28. The van der Waals surface area contributed by atoms with Gasteiger partial charge in [0.15, 0.2) is 0 Å². The number of nitrogens with zero attached hydrogens (tertiary/aromatic N) is 3. The number of aryl methyl sites for hydroxylation is 1. The Hall–Kier alpha value is -1.89. The van der Waals surface area contributed by atoms with Crippen LogP contribution in [0.25, 0.3) is 0 Å². The average Bonchev–Trinajstić information content (AvgIpc) is 2.65. The first-order valence-electron chi connectivity index (χ1n) is 4.43. The Bertz CT molecular complexity index is 507. The number of rotatable bonds is 3. The van der Waals surface area contributed by atoms with E-state index in [4.69, 9.17) is 15.6 Å². The largest absolute Gasteiger partial charge is 0.416 e. The molecule has 0 radical (unpaired) electrons. The molecule has 3 N–H and O–H groups in total. The molecule has 0 aliphatic rings. The van der Waals surface area contributed by atoms with E-state index in [1.54, 1.807) is 19.1 Å². The maximum Gasteiger partial charge on any atom is 0.282 e. The molecule has 0 unspecified atom stereocenters. The molecule has 0 atom stereocenters. The van der Waals surface area contributed by atoms with Crippen LogP contribution in [0.15, 0.2) is 33.0 Å². The average molecular weight is 235 g/mol. The van der Waals surface area contributed by atoms with Crippen LogP contribution in [0, 0.1) is 12.3 Å². The molecule has 0 aromatic carbocycles. The van der Waals surface area contributed by atoms with Gasteiger partial charge in [0.2, 0.25) is 5.89 Å². The summed E-state index contributed by atoms with van der Waals surface area (Å²) in [5.74, 6) is 0.514. The third-order valence-corrected chi connectivity index (χ3v) is 2.54. The molecule has 0 bridgehead atoms. The van der Waals surface area contributed by atoms with Crippen LogP contribution in [0.3, 0.4) is 0 Å². The molecule has 0 aliphatic carbocycles. The highest BCUT2D eigenvalue weighted by molar-refractivity contribution is 7.99. The van der Waals surface area contributed by atoms with E-state index in [0.717, 1.165) is 0 Å². The van der Waals surface area contributed by atoms with Crippen molar-refractivity contribution in [3.63, 3.8) is 0 Å². The maximum atomic E-state index is 7.22. The molecule has 2 aromatic heterocycles. The topological polar surface area (TPSA) is 102 Å². The van der Waals surface area contributed by atoms with Gasteiger partial charge in [0.25, 0.3) is 5.22 Å². The van der Waals surface area contributed by atoms with Crippen LogP contribution in [-0.2, 0) is 0 Å². The quantitative estimate of drug-likeness (QED) is 0.612. The summed E-state index contributed by atoms with van der Waals surface area (Å²) in [4.78, 5) is 4.12. The Labute approximate surface area is 95.8 Å². The zero-order chi connectivity index (χ0) is 11.5. The SMILES string of the molecule is Cc1nnc(Sc2ccc(C(=N)N)cn2)o1. The highest BCUT2D eigenvalue weighted by Gasteiger charge is 2.06. The molecular formula is C9H9N5OS. The predicted molar refractivity (Wildman–Crippen MR) is 58.4 cm³/mol. The van der Waals surface area contributed by atoms with Crippen molar-refractivity contribution >= 4 is 17.6 Å². The van der Waals surface area contributed by atoms with Crippen LogP contribution in [0.4, 0.5) is 0 Å². The minimum Gasteiger partial charge on any atom is -0.416 e. The van der Waals surface area contributed by atoms with E-state index >= 15 is 0 Å². The Kier molecular flexibility index (Phi) is 2.86. The fraction of sp³-hybridized carbons (Fsp3) is 0.111. The smallest absolute Gasteiger partial charge is 0.282 e. The van der Waals surface area contributed by atoms with Crippen molar-refractivity contribution in [1.82, 2.24) is 15.2 Å². The van der Waals surface area contributed by atoms with Crippen molar-refractivity contribution in [3.05, 3.63) is 29.8 Å². The molecule has 82 valence electrons. The lowest BCUT2D eigenvalue weighted by Crippen LogP contribution is -2.10. The summed E-state index contributed by atoms with van der Waals surface area (Å²) < 4.78 is 5.20. The number of pyridine rings is 1. The fourth-order valence-electron chi connectivity index (χ4n) is 1.01. The monoisotopic (exact) mass is 235 g/mol. The molecule has 16 heavy (non-hydrogen) atoms. The van der Waals surface area contributed by atoms with Gasteiger partial charge in [-0.05, 0) is 23.9 Å². The highest BCUT2D eigenvalue weighted by atomic mass is 32.2. The van der Waals surface area contributed by atoms with E-state index < -0.39 is 0 Å². The Balaban J connectivity index is 2.14. The van der Waals surface area contributed by atoms with E-state index in [-0.39, 0.29) is 5.84 Å². The van der Waals surface area contributed by atoms with Crippen LogP contribution >= 0.6 is 11.8 Å². The summed E-state index contributed by atoms with van der Waals surface area (Å²) in [6.07, 6.45) is 1.54. The standard InChI is InChI=1S/C9H9N5OS/c1-5-13-14-9(15-5)16-7-3-2-6(4-12-7)8(10)11/h2-4H,1H3,(H3,10,11). The first kappa shape index (κ1) is 10.6. The summed E-state index contributed by atoms with van der Waals surface area (Å²) in [6.45, 7) is 1.73. The van der Waals surface area contributed by atoms with Gasteiger partial charge in [-0.2, -0.15) is 0 Å². The van der Waals surface area contributed by atoms with Gasteiger partial charge in [-0.3, -0.25) is 5.41 Å². The number of hydrogen-bond donors (Lipinski definition) is 2. The second-order valence-corrected chi connectivity index (χ2v) is 3.96. The van der Waals surface area contributed by atoms with E-state index in [1.165, 1.54) is 18.0 Å². The Morgan fingerprint density at radius 2 is 2.25 bits per heavy atom. The first-order chi connectivity index (χ1) is 7.65. The molecule has 0 spiro atoms. The van der Waals surface area contributed by atoms with Crippen LogP contribution < -0.4 is 5.73 Å². The van der Waals surface area contributed by atoms with Gasteiger partial charge < -0.3 is 10.2 Å². The van der Waals surface area contributed by atoms with Gasteiger partial charge in [-0.1, -0.05) is 0 Å². The van der Waals surface area contributed by atoms with Crippen LogP contribution in [0.5, 0.6) is 0 Å². The molecule has 0 amide bonds. The molecular weight excluding hydrogens is 226 g/mol. The number of nitrogens with one attached hydrogen (secondary N) is 1. The molecule has 0 saturated carbocycles. The van der Waals surface area contributed by atoms with Crippen molar-refractivity contribution in [2.24, 2.45) is 5.73 Å². The molecule has 0 fully saturated rings. The fourth-order valence-corrected chi connectivity index (χ4v) is 1.67. The van der Waals surface area contributed by atoms with Gasteiger partial charge in [-0.15, -0.1) is 10.2 Å². The van der Waals surface area contributed by atoms with Gasteiger partial charge in [0, 0.05) is 18.7 Å². The predicted octanol–water partition coefficient (Wildman–Crippen LogP) is 1.21. The van der Waals surface area contributed by atoms with Crippen LogP contribution in [0.1, 0.15) is 11.5 Å². The lowest BCUT2D eigenvalue weighted by Gasteiger charge is -1.98. The first-order valence-corrected chi connectivity index (χ1v) is 5.25. The van der Waals surface area contributed by atoms with Gasteiger partial charge >= 0.3 is 0 Å². The third kappa shape index (κ3) is 2.37. The normalized spacial score (nSPS) is 10.3. The van der Waals surface area contributed by atoms with Crippen LogP contribution in [0.2, 0.25) is 0 Å². The summed E-state index contributed by atoms with van der Waals surface area (Å²) in [5, 5.41) is 15.9. The molecule has 0 saturated heterocycles. The third-order valence-electron chi connectivity index (χ3n) is 1.75. The number of hydrogen-bond acceptors (Lipinski definition) is 6. The van der Waals surface area contributed by atoms with E-state index in [9.17, 15) is 0 Å². The minimum atomic E-state index is -0.00214. The molecule has 2 aromatic rings. The number of aromatic nitrogens is 3. The van der Waals surface area contributed by atoms with Gasteiger partial charge in [0.1, 0.15) is 10.9 Å². The second kappa shape index (κ2) is 4.31. The minimum absolute atomic E-state index is 0.00214. The lowest BCUT2D eigenvalue weighted by atomic mass is 10.3. The van der Waals surface area contributed by atoms with Gasteiger partial charge in [-0.25, -0.2) is 4.98 Å². The Morgan fingerprint density at radius 1 is 1.44 bits per heavy atom. The zero-order valence-electron chi connectivity index (χ0n) is 8.47. The summed E-state index contributed by atoms with van der Waals surface area (Å²) in [6, 6.07) is 3.47. The van der Waals surface area contributed by atoms with E-state index in [0.29, 0.717) is 21.7 Å². The van der Waals surface area contributed by atoms with E-state index in [1.807, 2.05) is 0 Å². The van der Waals surface area contributed by atoms with Crippen molar-refractivity contribution < 1.29 is 4.42 Å². The number of amidine groups is 1. The molecule has 2 heterocycles. The van der Waals surface area contributed by atoms with Crippen molar-refractivity contribution in [2.45, 2.75) is 17.2 Å². The van der Waals surface area contributed by atoms with Crippen molar-refractivity contribution in [2.75, 3.05) is 0 Å². The van der Waals surface area contributed by atoms with Crippen LogP contribution in [-0.4, -0.2) is 21.0 Å². The summed E-state index contributed by atoms with van der Waals surface area (Å²) in [7, 11) is 0. The van der Waals surface area contributed by atoms with Crippen molar-refractivity contribution in [3.8, 4) is 0 Å². The van der Waals surface area contributed by atoms with Crippen molar-refractivity contribution in [1.29, 1.82) is 5.41 Å². The number of nitrogens with two attached hydrogens (primary N) is 1. The molecule has 0 aliphatic heterocycles.